The molecule has 0 radical (unpaired) electrons. The summed E-state index contributed by atoms with van der Waals surface area (Å²) in [7, 11) is 0. The molecule has 0 saturated carbocycles. The Hall–Kier alpha value is -1.36. The van der Waals surface area contributed by atoms with E-state index < -0.39 is 0 Å². The molecule has 2 unspecified atom stereocenters. The number of nitrogens with one attached hydrogen (secondary N) is 2. The van der Waals surface area contributed by atoms with E-state index in [1.54, 1.807) is 0 Å². The van der Waals surface area contributed by atoms with Gasteiger partial charge in [0, 0.05) is 24.6 Å². The molecule has 0 aliphatic heterocycles. The van der Waals surface area contributed by atoms with Crippen LogP contribution in [0.25, 0.3) is 0 Å². The van der Waals surface area contributed by atoms with E-state index in [-0.39, 0.29) is 17.4 Å². The largest absolute Gasteiger partial charge is 0.360 e. The van der Waals surface area contributed by atoms with Crippen molar-refractivity contribution in [3.63, 3.8) is 0 Å². The first-order valence-electron chi connectivity index (χ1n) is 8.86. The quantitative estimate of drug-likeness (QED) is 0.647. The standard InChI is InChI=1S/C18H33N3O2/c1-7-10-18(6,12-19-11-8-2)14(5)20-17(22)16-13(4)15(9-3)23-21-16/h14,19H,7-12H2,1-6H3,(H,20,22). The van der Waals surface area contributed by atoms with Crippen molar-refractivity contribution < 1.29 is 9.32 Å². The maximum absolute atomic E-state index is 12.5. The molecular formula is C18H33N3O2. The monoisotopic (exact) mass is 323 g/mol. The average molecular weight is 323 g/mol. The van der Waals surface area contributed by atoms with E-state index >= 15 is 0 Å². The predicted molar refractivity (Wildman–Crippen MR) is 93.7 cm³/mol. The van der Waals surface area contributed by atoms with Crippen LogP contribution in [0.3, 0.4) is 0 Å². The van der Waals surface area contributed by atoms with Crippen molar-refractivity contribution in [3.05, 3.63) is 17.0 Å². The molecule has 2 N–H and O–H groups in total. The van der Waals surface area contributed by atoms with Gasteiger partial charge in [-0.05, 0) is 38.6 Å². The molecule has 0 aliphatic carbocycles. The van der Waals surface area contributed by atoms with Crippen LogP contribution in [0, 0.1) is 12.3 Å². The van der Waals surface area contributed by atoms with Gasteiger partial charge in [-0.25, -0.2) is 0 Å². The molecule has 0 bridgehead atoms. The number of aryl methyl sites for hydroxylation is 1. The van der Waals surface area contributed by atoms with Crippen molar-refractivity contribution in [2.24, 2.45) is 5.41 Å². The first kappa shape index (κ1) is 19.7. The molecule has 0 fully saturated rings. The molecule has 2 atom stereocenters. The summed E-state index contributed by atoms with van der Waals surface area (Å²) in [6.45, 7) is 14.4. The SMILES string of the molecule is CCCNCC(C)(CCC)C(C)NC(=O)c1noc(CC)c1C. The maximum Gasteiger partial charge on any atom is 0.273 e. The highest BCUT2D eigenvalue weighted by Gasteiger charge is 2.32. The van der Waals surface area contributed by atoms with E-state index in [0.29, 0.717) is 5.69 Å². The third kappa shape index (κ3) is 5.06. The van der Waals surface area contributed by atoms with Gasteiger partial charge in [0.1, 0.15) is 5.76 Å². The first-order valence-corrected chi connectivity index (χ1v) is 8.86. The normalized spacial score (nSPS) is 15.2. The minimum absolute atomic E-state index is 0.0187. The lowest BCUT2D eigenvalue weighted by Gasteiger charge is -2.36. The Bertz CT molecular complexity index is 498. The Morgan fingerprint density at radius 3 is 2.52 bits per heavy atom. The molecule has 0 spiro atoms. The topological polar surface area (TPSA) is 67.2 Å². The van der Waals surface area contributed by atoms with Crippen LogP contribution in [0.1, 0.15) is 75.7 Å². The van der Waals surface area contributed by atoms with Gasteiger partial charge in [-0.1, -0.05) is 39.3 Å². The third-order valence-electron chi connectivity index (χ3n) is 4.73. The molecule has 5 nitrogen and oxygen atoms in total. The van der Waals surface area contributed by atoms with Crippen LogP contribution < -0.4 is 10.6 Å². The van der Waals surface area contributed by atoms with E-state index in [1.165, 1.54) is 0 Å². The van der Waals surface area contributed by atoms with Crippen LogP contribution in [0.5, 0.6) is 0 Å². The summed E-state index contributed by atoms with van der Waals surface area (Å²) in [5.74, 6) is 0.639. The minimum Gasteiger partial charge on any atom is -0.360 e. The van der Waals surface area contributed by atoms with Gasteiger partial charge < -0.3 is 15.2 Å². The molecule has 5 heteroatoms. The zero-order valence-electron chi connectivity index (χ0n) is 15.6. The Kier molecular flexibility index (Phi) is 7.76. The second-order valence-electron chi connectivity index (χ2n) is 6.71. The van der Waals surface area contributed by atoms with Crippen LogP contribution in [-0.4, -0.2) is 30.2 Å². The number of amides is 1. The summed E-state index contributed by atoms with van der Waals surface area (Å²) in [5, 5.41) is 10.6. The van der Waals surface area contributed by atoms with Crippen molar-refractivity contribution >= 4 is 5.91 Å². The van der Waals surface area contributed by atoms with Crippen molar-refractivity contribution in [3.8, 4) is 0 Å². The van der Waals surface area contributed by atoms with Gasteiger partial charge in [0.25, 0.3) is 5.91 Å². The van der Waals surface area contributed by atoms with Crippen molar-refractivity contribution in [2.45, 2.75) is 73.3 Å². The molecule has 1 amide bonds. The molecule has 23 heavy (non-hydrogen) atoms. The molecule has 1 rings (SSSR count). The van der Waals surface area contributed by atoms with Gasteiger partial charge in [0.15, 0.2) is 5.69 Å². The van der Waals surface area contributed by atoms with Crippen LogP contribution in [0.4, 0.5) is 0 Å². The molecule has 0 saturated heterocycles. The van der Waals surface area contributed by atoms with E-state index in [2.05, 4.69) is 43.5 Å². The summed E-state index contributed by atoms with van der Waals surface area (Å²) in [4.78, 5) is 12.5. The number of hydrogen-bond donors (Lipinski definition) is 2. The van der Waals surface area contributed by atoms with Crippen molar-refractivity contribution in [1.29, 1.82) is 0 Å². The molecule has 1 heterocycles. The summed E-state index contributed by atoms with van der Waals surface area (Å²) in [5.41, 5.74) is 1.28. The van der Waals surface area contributed by atoms with E-state index in [0.717, 1.165) is 50.1 Å². The molecule has 1 aromatic rings. The third-order valence-corrected chi connectivity index (χ3v) is 4.73. The number of aromatic nitrogens is 1. The van der Waals surface area contributed by atoms with Gasteiger partial charge in [-0.2, -0.15) is 0 Å². The van der Waals surface area contributed by atoms with Crippen molar-refractivity contribution in [2.75, 3.05) is 13.1 Å². The predicted octanol–water partition coefficient (Wildman–Crippen LogP) is 3.47. The Balaban J connectivity index is 2.78. The van der Waals surface area contributed by atoms with Gasteiger partial charge in [-0.3, -0.25) is 4.79 Å². The Labute approximate surface area is 140 Å². The lowest BCUT2D eigenvalue weighted by atomic mass is 9.78. The second-order valence-corrected chi connectivity index (χ2v) is 6.71. The molecular weight excluding hydrogens is 290 g/mol. The van der Waals surface area contributed by atoms with E-state index in [1.807, 2.05) is 13.8 Å². The Morgan fingerprint density at radius 2 is 2.00 bits per heavy atom. The summed E-state index contributed by atoms with van der Waals surface area (Å²) < 4.78 is 5.24. The highest BCUT2D eigenvalue weighted by atomic mass is 16.5. The van der Waals surface area contributed by atoms with Gasteiger partial charge in [0.05, 0.1) is 0 Å². The summed E-state index contributed by atoms with van der Waals surface area (Å²) in [6, 6.07) is 0.0560. The van der Waals surface area contributed by atoms with Gasteiger partial charge in [-0.15, -0.1) is 0 Å². The van der Waals surface area contributed by atoms with Crippen LogP contribution in [-0.2, 0) is 6.42 Å². The fourth-order valence-electron chi connectivity index (χ4n) is 2.93. The molecule has 0 aromatic carbocycles. The van der Waals surface area contributed by atoms with Gasteiger partial charge in [0.2, 0.25) is 0 Å². The lowest BCUT2D eigenvalue weighted by Crippen LogP contribution is -2.49. The fraction of sp³-hybridized carbons (Fsp3) is 0.778. The molecule has 132 valence electrons. The second kappa shape index (κ2) is 9.06. The van der Waals surface area contributed by atoms with Gasteiger partial charge >= 0.3 is 0 Å². The highest BCUT2D eigenvalue weighted by molar-refractivity contribution is 5.93. The Morgan fingerprint density at radius 1 is 1.30 bits per heavy atom. The van der Waals surface area contributed by atoms with Crippen LogP contribution in [0.2, 0.25) is 0 Å². The van der Waals surface area contributed by atoms with E-state index in [4.69, 9.17) is 4.52 Å². The van der Waals surface area contributed by atoms with Crippen LogP contribution >= 0.6 is 0 Å². The molecule has 0 aliphatic rings. The number of hydrogen-bond acceptors (Lipinski definition) is 4. The molecule has 1 aromatic heterocycles. The average Bonchev–Trinajstić information content (AvgIpc) is 2.88. The minimum atomic E-state index is -0.142. The number of carbonyl (C=O) groups excluding carboxylic acids is 1. The zero-order valence-corrected chi connectivity index (χ0v) is 15.6. The number of carbonyl (C=O) groups is 1. The highest BCUT2D eigenvalue weighted by Crippen LogP contribution is 2.27. The fourth-order valence-corrected chi connectivity index (χ4v) is 2.93. The lowest BCUT2D eigenvalue weighted by molar-refractivity contribution is 0.0877. The summed E-state index contributed by atoms with van der Waals surface area (Å²) >= 11 is 0. The van der Waals surface area contributed by atoms with Crippen molar-refractivity contribution in [1.82, 2.24) is 15.8 Å². The zero-order chi connectivity index (χ0) is 17.5. The number of rotatable bonds is 10. The van der Waals surface area contributed by atoms with E-state index in [9.17, 15) is 4.79 Å². The smallest absolute Gasteiger partial charge is 0.273 e. The summed E-state index contributed by atoms with van der Waals surface area (Å²) in [6.07, 6.45) is 4.01. The first-order chi connectivity index (χ1) is 10.9. The maximum atomic E-state index is 12.5. The number of nitrogens with zero attached hydrogens (tertiary/aromatic N) is 1. The van der Waals surface area contributed by atoms with Crippen LogP contribution in [0.15, 0.2) is 4.52 Å².